The smallest absolute Gasteiger partial charge is 0.457 e. The lowest BCUT2D eigenvalue weighted by atomic mass is 10.1. The topological polar surface area (TPSA) is 132 Å². The number of carbonyl (C=O) groups is 1. The van der Waals surface area contributed by atoms with Crippen molar-refractivity contribution in [3.8, 4) is 0 Å². The zero-order valence-electron chi connectivity index (χ0n) is 32.1. The molecule has 0 aromatic carbocycles. The highest BCUT2D eigenvalue weighted by atomic mass is 31.2. The van der Waals surface area contributed by atoms with Crippen molar-refractivity contribution in [1.29, 1.82) is 0 Å². The van der Waals surface area contributed by atoms with Crippen molar-refractivity contribution < 1.29 is 43.0 Å². The van der Waals surface area contributed by atoms with E-state index in [4.69, 9.17) is 23.6 Å². The molecule has 0 aliphatic heterocycles. The van der Waals surface area contributed by atoms with Gasteiger partial charge >= 0.3 is 13.8 Å². The average molecular weight is 741 g/mol. The van der Waals surface area contributed by atoms with Gasteiger partial charge in [-0.15, -0.1) is 0 Å². The van der Waals surface area contributed by atoms with Crippen molar-refractivity contribution in [3.63, 3.8) is 0 Å². The third-order valence-electron chi connectivity index (χ3n) is 7.94. The molecule has 296 valence electrons. The first kappa shape index (κ1) is 49.2. The van der Waals surface area contributed by atoms with Crippen LogP contribution in [0.1, 0.15) is 149 Å². The number of unbranched alkanes of at least 4 members (excludes halogenated alkanes) is 13. The van der Waals surface area contributed by atoms with Crippen molar-refractivity contribution in [1.82, 2.24) is 0 Å². The number of carbonyl (C=O) groups excluding carboxylic acids is 1. The molecule has 0 rings (SSSR count). The first-order chi connectivity index (χ1) is 24.8. The van der Waals surface area contributed by atoms with Gasteiger partial charge in [0.2, 0.25) is 0 Å². The lowest BCUT2D eigenvalue weighted by molar-refractivity contribution is -0.154. The Bertz CT molecular complexity index is 976. The summed E-state index contributed by atoms with van der Waals surface area (Å²) in [6.07, 6.45) is 41.9. The molecule has 3 atom stereocenters. The van der Waals surface area contributed by atoms with Crippen molar-refractivity contribution in [3.05, 3.63) is 60.8 Å². The van der Waals surface area contributed by atoms with Crippen molar-refractivity contribution in [2.24, 2.45) is 0 Å². The Hall–Kier alpha value is -1.84. The molecule has 3 N–H and O–H groups in total. The molecule has 10 heteroatoms. The fourth-order valence-corrected chi connectivity index (χ4v) is 5.73. The maximum absolute atomic E-state index is 12.6. The second kappa shape index (κ2) is 37.9. The first-order valence-corrected chi connectivity index (χ1v) is 21.3. The predicted molar refractivity (Wildman–Crippen MR) is 210 cm³/mol. The fraction of sp³-hybridized carbons (Fsp3) is 0.732. The number of aliphatic hydroxyl groups excluding tert-OH is 2. The minimum atomic E-state index is -4.53. The number of allylic oxidation sites excluding steroid dienone is 10. The second-order valence-corrected chi connectivity index (χ2v) is 14.4. The third kappa shape index (κ3) is 37.7. The largest absolute Gasteiger partial charge is 0.472 e. The number of phosphoric ester groups is 1. The van der Waals surface area contributed by atoms with Crippen LogP contribution in [0.4, 0.5) is 0 Å². The van der Waals surface area contributed by atoms with E-state index in [0.717, 1.165) is 70.6 Å². The molecule has 0 heterocycles. The van der Waals surface area contributed by atoms with E-state index in [1.807, 2.05) is 0 Å². The molecule has 9 nitrogen and oxygen atoms in total. The summed E-state index contributed by atoms with van der Waals surface area (Å²) in [4.78, 5) is 22.5. The fourth-order valence-electron chi connectivity index (χ4n) is 4.94. The molecule has 0 amide bonds. The number of aliphatic hydroxyl groups is 2. The summed E-state index contributed by atoms with van der Waals surface area (Å²) in [5.41, 5.74) is 0. The van der Waals surface area contributed by atoms with Crippen LogP contribution in [0.25, 0.3) is 0 Å². The van der Waals surface area contributed by atoms with Crippen LogP contribution in [-0.2, 0) is 27.9 Å². The van der Waals surface area contributed by atoms with E-state index in [1.54, 1.807) is 0 Å². The van der Waals surface area contributed by atoms with Gasteiger partial charge in [0.25, 0.3) is 0 Å². The van der Waals surface area contributed by atoms with Crippen LogP contribution in [0.3, 0.4) is 0 Å². The molecule has 0 aromatic rings. The van der Waals surface area contributed by atoms with Crippen LogP contribution in [0.15, 0.2) is 60.8 Å². The zero-order valence-corrected chi connectivity index (χ0v) is 32.9. The van der Waals surface area contributed by atoms with E-state index in [9.17, 15) is 19.4 Å². The van der Waals surface area contributed by atoms with E-state index in [2.05, 4.69) is 74.6 Å². The molecular formula is C41H73O9P. The predicted octanol–water partition coefficient (Wildman–Crippen LogP) is 10.4. The summed E-state index contributed by atoms with van der Waals surface area (Å²) < 4.78 is 33.2. The van der Waals surface area contributed by atoms with Gasteiger partial charge in [-0.2, -0.15) is 0 Å². The molecule has 0 fully saturated rings. The van der Waals surface area contributed by atoms with E-state index >= 15 is 0 Å². The number of hydrogen-bond acceptors (Lipinski definition) is 8. The summed E-state index contributed by atoms with van der Waals surface area (Å²) in [5, 5.41) is 18.3. The minimum Gasteiger partial charge on any atom is -0.457 e. The second-order valence-electron chi connectivity index (χ2n) is 12.9. The van der Waals surface area contributed by atoms with Gasteiger partial charge < -0.3 is 24.6 Å². The number of ether oxygens (including phenoxy) is 2. The summed E-state index contributed by atoms with van der Waals surface area (Å²) in [6.45, 7) is 3.22. The quantitative estimate of drug-likeness (QED) is 0.0246. The molecule has 0 aromatic heterocycles. The maximum Gasteiger partial charge on any atom is 0.472 e. The normalized spacial score (nSPS) is 14.8. The van der Waals surface area contributed by atoms with Crippen molar-refractivity contribution >= 4 is 13.8 Å². The monoisotopic (exact) mass is 740 g/mol. The number of rotatable bonds is 37. The van der Waals surface area contributed by atoms with Gasteiger partial charge in [0.15, 0.2) is 0 Å². The minimum absolute atomic E-state index is 0.00564. The van der Waals surface area contributed by atoms with Crippen LogP contribution in [0, 0.1) is 0 Å². The van der Waals surface area contributed by atoms with Crippen molar-refractivity contribution in [2.75, 3.05) is 33.0 Å². The number of phosphoric acid groups is 1. The van der Waals surface area contributed by atoms with Gasteiger partial charge in [-0.05, 0) is 70.6 Å². The Labute approximate surface area is 310 Å². The van der Waals surface area contributed by atoms with Gasteiger partial charge in [0, 0.05) is 13.0 Å². The Morgan fingerprint density at radius 3 is 1.71 bits per heavy atom. The van der Waals surface area contributed by atoms with Crippen LogP contribution in [-0.4, -0.2) is 66.3 Å². The van der Waals surface area contributed by atoms with E-state index < -0.39 is 45.8 Å². The highest BCUT2D eigenvalue weighted by molar-refractivity contribution is 7.47. The van der Waals surface area contributed by atoms with E-state index in [0.29, 0.717) is 13.0 Å². The van der Waals surface area contributed by atoms with E-state index in [1.165, 1.54) is 51.4 Å². The van der Waals surface area contributed by atoms with Gasteiger partial charge in [-0.1, -0.05) is 132 Å². The molecule has 0 aliphatic carbocycles. The average Bonchev–Trinajstić information content (AvgIpc) is 3.12. The highest BCUT2D eigenvalue weighted by Crippen LogP contribution is 2.43. The molecule has 0 aliphatic rings. The zero-order chi connectivity index (χ0) is 37.5. The Morgan fingerprint density at radius 2 is 1.12 bits per heavy atom. The van der Waals surface area contributed by atoms with Gasteiger partial charge in [-0.25, -0.2) is 4.57 Å². The molecular weight excluding hydrogens is 667 g/mol. The summed E-state index contributed by atoms with van der Waals surface area (Å²) in [5.74, 6) is -0.412. The third-order valence-corrected chi connectivity index (χ3v) is 8.89. The van der Waals surface area contributed by atoms with Gasteiger partial charge in [0.05, 0.1) is 26.4 Å². The lowest BCUT2D eigenvalue weighted by Gasteiger charge is -2.20. The van der Waals surface area contributed by atoms with Crippen LogP contribution in [0.2, 0.25) is 0 Å². The standard InChI is InChI=1S/C41H73O9P/c1-3-5-7-9-11-13-15-17-19-20-21-23-25-27-29-31-33-41(44)50-40(38-49-51(45,46)48-36-39(43)35-42)37-47-34-32-30-28-26-24-22-18-16-14-12-10-8-6-4-2/h6,8,12,14,18-20,22,26,28,39-40,42-43H,3-5,7,9-11,13,15-17,21,23-25,27,29-38H2,1-2H3,(H,45,46)/b8-6-,14-12-,20-19-,22-18-,28-26-. The Morgan fingerprint density at radius 1 is 0.627 bits per heavy atom. The Balaban J connectivity index is 4.33. The van der Waals surface area contributed by atoms with Gasteiger partial charge in [-0.3, -0.25) is 13.8 Å². The molecule has 0 saturated heterocycles. The SMILES string of the molecule is CC/C=C\C/C=C\C/C=C\C/C=C\CCCOCC(COP(=O)(O)OCC(O)CO)OC(=O)CCCCCCC/C=C\CCCCCCCCC. The summed E-state index contributed by atoms with van der Waals surface area (Å²) in [7, 11) is -4.53. The highest BCUT2D eigenvalue weighted by Gasteiger charge is 2.26. The van der Waals surface area contributed by atoms with Crippen LogP contribution >= 0.6 is 7.82 Å². The van der Waals surface area contributed by atoms with E-state index in [-0.39, 0.29) is 13.0 Å². The van der Waals surface area contributed by atoms with Crippen molar-refractivity contribution in [2.45, 2.75) is 161 Å². The van der Waals surface area contributed by atoms with Crippen LogP contribution < -0.4 is 0 Å². The van der Waals surface area contributed by atoms with Crippen LogP contribution in [0.5, 0.6) is 0 Å². The number of esters is 1. The molecule has 0 spiro atoms. The molecule has 3 unspecified atom stereocenters. The first-order valence-electron chi connectivity index (χ1n) is 19.8. The number of hydrogen-bond donors (Lipinski definition) is 3. The summed E-state index contributed by atoms with van der Waals surface area (Å²) in [6, 6.07) is 0. The molecule has 0 saturated carbocycles. The maximum atomic E-state index is 12.6. The lowest BCUT2D eigenvalue weighted by Crippen LogP contribution is -2.29. The Kier molecular flexibility index (Phi) is 36.5. The molecule has 0 radical (unpaired) electrons. The molecule has 0 bridgehead atoms. The summed E-state index contributed by atoms with van der Waals surface area (Å²) >= 11 is 0. The molecule has 51 heavy (non-hydrogen) atoms. The van der Waals surface area contributed by atoms with Gasteiger partial charge in [0.1, 0.15) is 12.2 Å².